The van der Waals surface area contributed by atoms with Gasteiger partial charge >= 0.3 is 0 Å². The van der Waals surface area contributed by atoms with E-state index < -0.39 is 0 Å². The van der Waals surface area contributed by atoms with E-state index in [9.17, 15) is 4.39 Å². The van der Waals surface area contributed by atoms with Gasteiger partial charge in [-0.25, -0.2) is 4.39 Å². The zero-order valence-corrected chi connectivity index (χ0v) is 13.6. The van der Waals surface area contributed by atoms with Gasteiger partial charge in [-0.3, -0.25) is 4.68 Å². The summed E-state index contributed by atoms with van der Waals surface area (Å²) in [6, 6.07) is 1.52. The molecule has 0 amide bonds. The van der Waals surface area contributed by atoms with Crippen LogP contribution in [0.15, 0.2) is 16.7 Å². The van der Waals surface area contributed by atoms with Gasteiger partial charge in [0.1, 0.15) is 5.82 Å². The van der Waals surface area contributed by atoms with Gasteiger partial charge in [-0.15, -0.1) is 0 Å². The van der Waals surface area contributed by atoms with Crippen LogP contribution in [-0.2, 0) is 12.1 Å². The van der Waals surface area contributed by atoms with E-state index in [1.807, 2.05) is 38.6 Å². The second-order valence-electron chi connectivity index (χ2n) is 5.69. The van der Waals surface area contributed by atoms with Crippen LogP contribution in [0.3, 0.4) is 0 Å². The SMILES string of the molecule is CCn1ncc2c1-c1c(C)c(Br)cc(F)c1NC2(C)C. The first-order valence-corrected chi connectivity index (χ1v) is 7.49. The Kier molecular flexibility index (Phi) is 2.94. The van der Waals surface area contributed by atoms with Crippen molar-refractivity contribution in [1.82, 2.24) is 9.78 Å². The molecule has 1 aromatic heterocycles. The third-order valence-corrected chi connectivity index (χ3v) is 4.79. The van der Waals surface area contributed by atoms with Crippen molar-refractivity contribution in [3.05, 3.63) is 33.7 Å². The molecule has 1 N–H and O–H groups in total. The predicted molar refractivity (Wildman–Crippen MR) is 82.4 cm³/mol. The van der Waals surface area contributed by atoms with E-state index in [0.717, 1.165) is 33.4 Å². The van der Waals surface area contributed by atoms with Crippen molar-refractivity contribution >= 4 is 21.6 Å². The summed E-state index contributed by atoms with van der Waals surface area (Å²) in [5.74, 6) is -0.236. The second kappa shape index (κ2) is 4.32. The number of nitrogens with zero attached hydrogens (tertiary/aromatic N) is 2. The molecule has 0 unspecified atom stereocenters. The van der Waals surface area contributed by atoms with Gasteiger partial charge in [0.2, 0.25) is 0 Å². The Morgan fingerprint density at radius 3 is 2.80 bits per heavy atom. The monoisotopic (exact) mass is 337 g/mol. The molecule has 0 spiro atoms. The maximum absolute atomic E-state index is 14.4. The molecule has 0 fully saturated rings. The Balaban J connectivity index is 2.43. The lowest BCUT2D eigenvalue weighted by atomic mass is 9.85. The summed E-state index contributed by atoms with van der Waals surface area (Å²) in [6.45, 7) is 8.91. The average Bonchev–Trinajstić information content (AvgIpc) is 2.80. The zero-order valence-electron chi connectivity index (χ0n) is 12.0. The highest BCUT2D eigenvalue weighted by Gasteiger charge is 2.36. The fourth-order valence-electron chi connectivity index (χ4n) is 2.86. The Labute approximate surface area is 126 Å². The van der Waals surface area contributed by atoms with E-state index in [-0.39, 0.29) is 11.4 Å². The zero-order chi connectivity index (χ0) is 14.7. The van der Waals surface area contributed by atoms with Crippen LogP contribution in [0.1, 0.15) is 31.9 Å². The number of nitrogens with one attached hydrogen (secondary N) is 1. The van der Waals surface area contributed by atoms with Crippen LogP contribution in [0, 0.1) is 12.7 Å². The van der Waals surface area contributed by atoms with Crippen LogP contribution in [-0.4, -0.2) is 9.78 Å². The fraction of sp³-hybridized carbons (Fsp3) is 0.400. The first-order chi connectivity index (χ1) is 9.36. The lowest BCUT2D eigenvalue weighted by Crippen LogP contribution is -2.32. The van der Waals surface area contributed by atoms with E-state index in [2.05, 4.69) is 26.3 Å². The molecular weight excluding hydrogens is 321 g/mol. The van der Waals surface area contributed by atoms with Gasteiger partial charge in [-0.1, -0.05) is 15.9 Å². The van der Waals surface area contributed by atoms with Crippen LogP contribution in [0.2, 0.25) is 0 Å². The van der Waals surface area contributed by atoms with Gasteiger partial charge < -0.3 is 5.32 Å². The van der Waals surface area contributed by atoms with Crippen LogP contribution in [0.25, 0.3) is 11.3 Å². The number of aromatic nitrogens is 2. The van der Waals surface area contributed by atoms with Gasteiger partial charge in [0.15, 0.2) is 0 Å². The van der Waals surface area contributed by atoms with Gasteiger partial charge in [0.25, 0.3) is 0 Å². The molecule has 0 atom stereocenters. The van der Waals surface area contributed by atoms with E-state index >= 15 is 0 Å². The lowest BCUT2D eigenvalue weighted by molar-refractivity contribution is 0.575. The Bertz CT molecular complexity index is 704. The topological polar surface area (TPSA) is 29.9 Å². The Morgan fingerprint density at radius 1 is 1.45 bits per heavy atom. The van der Waals surface area contributed by atoms with Crippen molar-refractivity contribution in [1.29, 1.82) is 0 Å². The molecule has 1 aliphatic heterocycles. The summed E-state index contributed by atoms with van der Waals surface area (Å²) in [7, 11) is 0. The van der Waals surface area contributed by atoms with Gasteiger partial charge in [0.05, 0.1) is 23.1 Å². The number of fused-ring (bicyclic) bond motifs is 3. The molecule has 1 aliphatic rings. The average molecular weight is 338 g/mol. The number of rotatable bonds is 1. The molecule has 0 aliphatic carbocycles. The smallest absolute Gasteiger partial charge is 0.148 e. The van der Waals surface area contributed by atoms with Gasteiger partial charge in [-0.05, 0) is 39.3 Å². The van der Waals surface area contributed by atoms with E-state index in [4.69, 9.17) is 0 Å². The number of hydrogen-bond donors (Lipinski definition) is 1. The molecule has 1 aromatic carbocycles. The van der Waals surface area contributed by atoms with Gasteiger partial charge in [-0.2, -0.15) is 5.10 Å². The summed E-state index contributed by atoms with van der Waals surface area (Å²) in [6.07, 6.45) is 1.88. The van der Waals surface area contributed by atoms with Crippen molar-refractivity contribution in [2.24, 2.45) is 0 Å². The highest BCUT2D eigenvalue weighted by molar-refractivity contribution is 9.10. The first-order valence-electron chi connectivity index (χ1n) is 6.70. The normalized spacial score (nSPS) is 15.5. The van der Waals surface area contributed by atoms with Gasteiger partial charge in [0, 0.05) is 22.1 Å². The van der Waals surface area contributed by atoms with Crippen molar-refractivity contribution in [2.45, 2.75) is 39.8 Å². The van der Waals surface area contributed by atoms with Crippen LogP contribution in [0.5, 0.6) is 0 Å². The van der Waals surface area contributed by atoms with E-state index in [0.29, 0.717) is 5.69 Å². The Hall–Kier alpha value is -1.36. The number of anilines is 1. The van der Waals surface area contributed by atoms with E-state index in [1.54, 1.807) is 0 Å². The van der Waals surface area contributed by atoms with Crippen LogP contribution in [0.4, 0.5) is 10.1 Å². The largest absolute Gasteiger partial charge is 0.373 e. The molecule has 20 heavy (non-hydrogen) atoms. The second-order valence-corrected chi connectivity index (χ2v) is 6.54. The summed E-state index contributed by atoms with van der Waals surface area (Å²) in [5, 5.41) is 7.77. The fourth-order valence-corrected chi connectivity index (χ4v) is 3.26. The minimum Gasteiger partial charge on any atom is -0.373 e. The summed E-state index contributed by atoms with van der Waals surface area (Å²) < 4.78 is 17.1. The number of halogens is 2. The maximum atomic E-state index is 14.4. The molecule has 2 aromatic rings. The van der Waals surface area contributed by atoms with Crippen LogP contribution < -0.4 is 5.32 Å². The highest BCUT2D eigenvalue weighted by Crippen LogP contribution is 2.47. The minimum atomic E-state index is -0.336. The molecule has 0 saturated carbocycles. The lowest BCUT2D eigenvalue weighted by Gasteiger charge is -2.35. The summed E-state index contributed by atoms with van der Waals surface area (Å²) >= 11 is 3.44. The highest BCUT2D eigenvalue weighted by atomic mass is 79.9. The van der Waals surface area contributed by atoms with Crippen molar-refractivity contribution < 1.29 is 4.39 Å². The minimum absolute atomic E-state index is 0.236. The van der Waals surface area contributed by atoms with Crippen LogP contribution >= 0.6 is 15.9 Å². The van der Waals surface area contributed by atoms with Crippen molar-refractivity contribution in [2.75, 3.05) is 5.32 Å². The molecule has 0 radical (unpaired) electrons. The molecule has 2 heterocycles. The molecule has 5 heteroatoms. The number of benzene rings is 1. The third-order valence-electron chi connectivity index (χ3n) is 3.96. The molecule has 106 valence electrons. The molecule has 0 bridgehead atoms. The first kappa shape index (κ1) is 13.6. The maximum Gasteiger partial charge on any atom is 0.148 e. The summed E-state index contributed by atoms with van der Waals surface area (Å²) in [5.41, 5.74) is 4.29. The van der Waals surface area contributed by atoms with Crippen molar-refractivity contribution in [3.63, 3.8) is 0 Å². The molecule has 3 rings (SSSR count). The quantitative estimate of drug-likeness (QED) is 0.833. The number of aryl methyl sites for hydroxylation is 1. The molecule has 3 nitrogen and oxygen atoms in total. The summed E-state index contributed by atoms with van der Waals surface area (Å²) in [4.78, 5) is 0. The predicted octanol–water partition coefficient (Wildman–Crippen LogP) is 4.44. The van der Waals surface area contributed by atoms with E-state index in [1.165, 1.54) is 6.07 Å². The number of hydrogen-bond acceptors (Lipinski definition) is 2. The molecular formula is C15H17BrFN3. The Morgan fingerprint density at radius 2 is 2.15 bits per heavy atom. The molecule has 0 saturated heterocycles. The van der Waals surface area contributed by atoms with Crippen molar-refractivity contribution in [3.8, 4) is 11.3 Å². The third kappa shape index (κ3) is 1.72. The standard InChI is InChI=1S/C15H17BrFN3/c1-5-20-14-9(7-18-20)15(3,4)19-13-11(17)6-10(16)8(2)12(13)14/h6-7,19H,5H2,1-4H3.